The van der Waals surface area contributed by atoms with Gasteiger partial charge in [0.15, 0.2) is 0 Å². The molecule has 8 N–H and O–H groups in total. The summed E-state index contributed by atoms with van der Waals surface area (Å²) in [5, 5.41) is 37.4. The Morgan fingerprint density at radius 3 is 1.00 bits per heavy atom. The van der Waals surface area contributed by atoms with Gasteiger partial charge in [0.25, 0.3) is 0 Å². The minimum atomic E-state index is -1.16. The Morgan fingerprint density at radius 2 is 0.815 bits per heavy atom. The summed E-state index contributed by atoms with van der Waals surface area (Å²) in [7, 11) is 0. The van der Waals surface area contributed by atoms with E-state index in [1.165, 1.54) is 0 Å². The summed E-state index contributed by atoms with van der Waals surface area (Å²) in [5.74, 6) is -9.19. The molecule has 4 unspecified atom stereocenters. The van der Waals surface area contributed by atoms with Gasteiger partial charge in [-0.3, -0.25) is 19.2 Å². The maximum Gasteiger partial charge on any atom is 0.308 e. The maximum absolute atomic E-state index is 11.5. The Balaban J connectivity index is 2.16. The minimum absolute atomic E-state index is 0.193. The smallest absolute Gasteiger partial charge is 0.308 e. The highest BCUT2D eigenvalue weighted by molar-refractivity contribution is 5.77. The van der Waals surface area contributed by atoms with E-state index in [-0.39, 0.29) is 37.5 Å². The van der Waals surface area contributed by atoms with E-state index in [1.54, 1.807) is 0 Å². The van der Waals surface area contributed by atoms with Gasteiger partial charge in [0.05, 0.1) is 23.7 Å². The predicted molar refractivity (Wildman–Crippen MR) is 90.5 cm³/mol. The summed E-state index contributed by atoms with van der Waals surface area (Å²) in [4.78, 5) is 45.8. The third-order valence-corrected chi connectivity index (χ3v) is 6.14. The van der Waals surface area contributed by atoms with E-state index in [9.17, 15) is 39.6 Å². The van der Waals surface area contributed by atoms with E-state index in [1.807, 2.05) is 0 Å². The Morgan fingerprint density at radius 1 is 0.593 bits per heavy atom. The number of hydrogen-bond donors (Lipinski definition) is 6. The third kappa shape index (κ3) is 4.56. The summed E-state index contributed by atoms with van der Waals surface area (Å²) in [6.45, 7) is 0. The molecule has 2 rings (SSSR count). The zero-order chi connectivity index (χ0) is 20.5. The lowest BCUT2D eigenvalue weighted by atomic mass is 9.65. The molecule has 0 aliphatic heterocycles. The van der Waals surface area contributed by atoms with Crippen molar-refractivity contribution in [3.05, 3.63) is 0 Å². The van der Waals surface area contributed by atoms with Crippen LogP contribution in [-0.4, -0.2) is 56.4 Å². The first-order valence-electron chi connectivity index (χ1n) is 8.95. The molecule has 0 spiro atoms. The number of carboxylic acid groups (broad SMARTS) is 4. The van der Waals surface area contributed by atoms with Crippen molar-refractivity contribution in [1.29, 1.82) is 0 Å². The minimum Gasteiger partial charge on any atom is -0.481 e. The first-order valence-corrected chi connectivity index (χ1v) is 8.95. The van der Waals surface area contributed by atoms with Crippen LogP contribution in [0.2, 0.25) is 0 Å². The van der Waals surface area contributed by atoms with Crippen LogP contribution < -0.4 is 11.5 Å². The highest BCUT2D eigenvalue weighted by Crippen LogP contribution is 2.42. The van der Waals surface area contributed by atoms with E-state index >= 15 is 0 Å². The van der Waals surface area contributed by atoms with Crippen LogP contribution in [0.5, 0.6) is 0 Å². The largest absolute Gasteiger partial charge is 0.481 e. The fraction of sp³-hybridized carbons (Fsp3) is 0.765. The van der Waals surface area contributed by atoms with Gasteiger partial charge in [0.2, 0.25) is 0 Å². The number of aliphatic carboxylic acids is 4. The second-order valence-electron chi connectivity index (χ2n) is 7.84. The lowest BCUT2D eigenvalue weighted by Gasteiger charge is -2.41. The molecule has 10 heteroatoms. The molecule has 0 bridgehead atoms. The summed E-state index contributed by atoms with van der Waals surface area (Å²) in [5.41, 5.74) is 11.7. The van der Waals surface area contributed by atoms with Crippen molar-refractivity contribution in [2.75, 3.05) is 0 Å². The van der Waals surface area contributed by atoms with E-state index in [4.69, 9.17) is 11.5 Å². The van der Waals surface area contributed by atoms with Crippen molar-refractivity contribution in [3.63, 3.8) is 0 Å². The van der Waals surface area contributed by atoms with Crippen LogP contribution in [0.25, 0.3) is 0 Å². The summed E-state index contributed by atoms with van der Waals surface area (Å²) < 4.78 is 0. The first-order chi connectivity index (χ1) is 12.5. The monoisotopic (exact) mass is 386 g/mol. The van der Waals surface area contributed by atoms with Gasteiger partial charge in [-0.2, -0.15) is 0 Å². The van der Waals surface area contributed by atoms with Crippen molar-refractivity contribution in [2.45, 2.75) is 44.2 Å². The predicted octanol–water partition coefficient (Wildman–Crippen LogP) is -0.346. The van der Waals surface area contributed by atoms with Crippen molar-refractivity contribution in [1.82, 2.24) is 0 Å². The zero-order valence-corrected chi connectivity index (χ0v) is 14.7. The fourth-order valence-corrected chi connectivity index (χ4v) is 4.74. The van der Waals surface area contributed by atoms with Gasteiger partial charge in [0.1, 0.15) is 0 Å². The molecule has 0 saturated heterocycles. The molecule has 0 heterocycles. The zero-order valence-electron chi connectivity index (χ0n) is 14.7. The topological polar surface area (TPSA) is 201 Å². The van der Waals surface area contributed by atoms with Crippen molar-refractivity contribution in [2.24, 2.45) is 47.0 Å². The summed E-state index contributed by atoms with van der Waals surface area (Å²) >= 11 is 0. The van der Waals surface area contributed by atoms with Crippen LogP contribution in [0, 0.1) is 35.5 Å². The van der Waals surface area contributed by atoms with E-state index < -0.39 is 59.6 Å². The molecular formula is C17H26N2O8. The Hall–Kier alpha value is -2.20. The van der Waals surface area contributed by atoms with Crippen LogP contribution in [0.4, 0.5) is 0 Å². The SMILES string of the molecule is NC1C(C(=O)O)CC(CC2CC(C(=O)O)C(N)C(C(=O)O)C2)CC1C(=O)O. The molecule has 0 aromatic heterocycles. The highest BCUT2D eigenvalue weighted by atomic mass is 16.4. The van der Waals surface area contributed by atoms with Crippen molar-refractivity contribution >= 4 is 23.9 Å². The molecule has 2 aliphatic carbocycles. The van der Waals surface area contributed by atoms with Gasteiger partial charge in [-0.15, -0.1) is 0 Å². The van der Waals surface area contributed by atoms with E-state index in [0.29, 0.717) is 6.42 Å². The number of nitrogens with two attached hydrogens (primary N) is 2. The molecule has 0 aromatic rings. The van der Waals surface area contributed by atoms with Crippen LogP contribution >= 0.6 is 0 Å². The lowest BCUT2D eigenvalue weighted by Crippen LogP contribution is -2.51. The average Bonchev–Trinajstić information content (AvgIpc) is 2.56. The second-order valence-corrected chi connectivity index (χ2v) is 7.84. The standard InChI is InChI=1S/C17H26N2O8/c18-12-8(14(20)21)2-6(3-9(12)15(22)23)1-7-4-10(16(24)25)13(19)11(5-7)17(26)27/h6-13H,1-5,18-19H2,(H,20,21)(H,22,23)(H,24,25)(H,26,27). The molecule has 10 nitrogen and oxygen atoms in total. The molecule has 2 saturated carbocycles. The van der Waals surface area contributed by atoms with Gasteiger partial charge in [-0.25, -0.2) is 0 Å². The van der Waals surface area contributed by atoms with Crippen LogP contribution in [0.3, 0.4) is 0 Å². The lowest BCUT2D eigenvalue weighted by molar-refractivity contribution is -0.151. The molecule has 4 atom stereocenters. The van der Waals surface area contributed by atoms with Crippen LogP contribution in [-0.2, 0) is 19.2 Å². The molecule has 152 valence electrons. The molecular weight excluding hydrogens is 360 g/mol. The van der Waals surface area contributed by atoms with Crippen LogP contribution in [0.1, 0.15) is 32.1 Å². The second kappa shape index (κ2) is 8.22. The van der Waals surface area contributed by atoms with Gasteiger partial charge >= 0.3 is 23.9 Å². The van der Waals surface area contributed by atoms with E-state index in [0.717, 1.165) is 0 Å². The molecule has 0 radical (unpaired) electrons. The van der Waals surface area contributed by atoms with Crippen LogP contribution in [0.15, 0.2) is 0 Å². The Labute approximate surface area is 155 Å². The maximum atomic E-state index is 11.5. The number of carbonyl (C=O) groups is 4. The number of carboxylic acids is 4. The summed E-state index contributed by atoms with van der Waals surface area (Å²) in [6, 6.07) is -1.98. The molecule has 2 fully saturated rings. The first kappa shape index (κ1) is 21.1. The fourth-order valence-electron chi connectivity index (χ4n) is 4.74. The van der Waals surface area contributed by atoms with Gasteiger partial charge in [-0.05, 0) is 43.9 Å². The van der Waals surface area contributed by atoms with Crippen molar-refractivity contribution < 1.29 is 39.6 Å². The quantitative estimate of drug-likeness (QED) is 0.350. The van der Waals surface area contributed by atoms with Crippen molar-refractivity contribution in [3.8, 4) is 0 Å². The number of rotatable bonds is 6. The van der Waals surface area contributed by atoms with Gasteiger partial charge < -0.3 is 31.9 Å². The molecule has 0 aromatic carbocycles. The molecule has 27 heavy (non-hydrogen) atoms. The van der Waals surface area contributed by atoms with E-state index in [2.05, 4.69) is 0 Å². The third-order valence-electron chi connectivity index (χ3n) is 6.14. The molecule has 0 amide bonds. The normalized spacial score (nSPS) is 39.5. The highest BCUT2D eigenvalue weighted by Gasteiger charge is 2.46. The average molecular weight is 386 g/mol. The summed E-state index contributed by atoms with van der Waals surface area (Å²) in [6.07, 6.45) is 1.13. The Kier molecular flexibility index (Phi) is 6.42. The Bertz CT molecular complexity index is 524. The molecule has 2 aliphatic rings. The van der Waals surface area contributed by atoms with Gasteiger partial charge in [0, 0.05) is 12.1 Å². The number of hydrogen-bond acceptors (Lipinski definition) is 6. The van der Waals surface area contributed by atoms with Gasteiger partial charge in [-0.1, -0.05) is 0 Å².